The number of carbonyl (C=O) groups excluding carboxylic acids is 1. The Morgan fingerprint density at radius 1 is 1.37 bits per heavy atom. The van der Waals surface area contributed by atoms with Gasteiger partial charge in [0, 0.05) is 12.2 Å². The van der Waals surface area contributed by atoms with Gasteiger partial charge in [-0.15, -0.1) is 0 Å². The Hall–Kier alpha value is -1.78. The van der Waals surface area contributed by atoms with Crippen molar-refractivity contribution >= 4 is 17.3 Å². The number of halogens is 1. The number of unbranched alkanes of at least 4 members (excludes halogenated alkanes) is 1. The van der Waals surface area contributed by atoms with Crippen LogP contribution in [0.2, 0.25) is 0 Å². The molecule has 1 rings (SSSR count). The molecule has 5 heteroatoms. The van der Waals surface area contributed by atoms with Gasteiger partial charge >= 0.3 is 0 Å². The SMILES string of the molecule is CC(C)CCCCNc1cc(C(N)=O)c(N)cc1F. The molecule has 4 nitrogen and oxygen atoms in total. The van der Waals surface area contributed by atoms with Crippen LogP contribution in [0.15, 0.2) is 12.1 Å². The highest BCUT2D eigenvalue weighted by molar-refractivity contribution is 5.99. The van der Waals surface area contributed by atoms with E-state index in [2.05, 4.69) is 19.2 Å². The summed E-state index contributed by atoms with van der Waals surface area (Å²) in [7, 11) is 0. The maximum Gasteiger partial charge on any atom is 0.250 e. The normalized spacial score (nSPS) is 10.7. The van der Waals surface area contributed by atoms with Crippen molar-refractivity contribution in [1.82, 2.24) is 0 Å². The van der Waals surface area contributed by atoms with Crippen LogP contribution in [0.1, 0.15) is 43.5 Å². The smallest absolute Gasteiger partial charge is 0.250 e. The second kappa shape index (κ2) is 6.97. The average molecular weight is 267 g/mol. The zero-order chi connectivity index (χ0) is 14.4. The molecule has 0 heterocycles. The van der Waals surface area contributed by atoms with E-state index < -0.39 is 11.7 Å². The topological polar surface area (TPSA) is 81.1 Å². The van der Waals surface area contributed by atoms with Crippen LogP contribution in [0.25, 0.3) is 0 Å². The minimum absolute atomic E-state index is 0.0651. The predicted molar refractivity (Wildman–Crippen MR) is 76.5 cm³/mol. The van der Waals surface area contributed by atoms with Gasteiger partial charge in [-0.2, -0.15) is 0 Å². The molecule has 19 heavy (non-hydrogen) atoms. The molecule has 5 N–H and O–H groups in total. The third kappa shape index (κ3) is 4.77. The summed E-state index contributed by atoms with van der Waals surface area (Å²) in [5.41, 5.74) is 11.2. The Morgan fingerprint density at radius 2 is 2.05 bits per heavy atom. The second-order valence-electron chi connectivity index (χ2n) is 5.10. The second-order valence-corrected chi connectivity index (χ2v) is 5.10. The van der Waals surface area contributed by atoms with E-state index in [1.54, 1.807) is 0 Å². The van der Waals surface area contributed by atoms with Crippen molar-refractivity contribution < 1.29 is 9.18 Å². The largest absolute Gasteiger partial charge is 0.398 e. The number of anilines is 2. The van der Waals surface area contributed by atoms with E-state index in [-0.39, 0.29) is 16.9 Å². The molecule has 0 atom stereocenters. The minimum Gasteiger partial charge on any atom is -0.398 e. The molecule has 1 aromatic carbocycles. The van der Waals surface area contributed by atoms with Crippen LogP contribution in [0.3, 0.4) is 0 Å². The van der Waals surface area contributed by atoms with E-state index in [4.69, 9.17) is 11.5 Å². The lowest BCUT2D eigenvalue weighted by molar-refractivity contribution is 0.100. The van der Waals surface area contributed by atoms with E-state index in [0.717, 1.165) is 25.3 Å². The van der Waals surface area contributed by atoms with Crippen LogP contribution in [0.4, 0.5) is 15.8 Å². The number of amides is 1. The molecule has 0 fully saturated rings. The number of rotatable bonds is 7. The molecule has 0 aliphatic carbocycles. The highest BCUT2D eigenvalue weighted by atomic mass is 19.1. The van der Waals surface area contributed by atoms with E-state index in [0.29, 0.717) is 12.5 Å². The summed E-state index contributed by atoms with van der Waals surface area (Å²) in [6.07, 6.45) is 3.19. The monoisotopic (exact) mass is 267 g/mol. The van der Waals surface area contributed by atoms with Crippen molar-refractivity contribution in [3.05, 3.63) is 23.5 Å². The lowest BCUT2D eigenvalue weighted by atomic mass is 10.1. The van der Waals surface area contributed by atoms with Crippen molar-refractivity contribution in [1.29, 1.82) is 0 Å². The lowest BCUT2D eigenvalue weighted by Gasteiger charge is -2.11. The van der Waals surface area contributed by atoms with Gasteiger partial charge in [0.1, 0.15) is 5.82 Å². The molecule has 106 valence electrons. The summed E-state index contributed by atoms with van der Waals surface area (Å²) in [6, 6.07) is 2.49. The van der Waals surface area contributed by atoms with E-state index in [1.807, 2.05) is 0 Å². The van der Waals surface area contributed by atoms with E-state index >= 15 is 0 Å². The Kier molecular flexibility index (Phi) is 5.60. The number of primary amides is 1. The fourth-order valence-corrected chi connectivity index (χ4v) is 1.84. The Morgan fingerprint density at radius 3 is 2.63 bits per heavy atom. The fourth-order valence-electron chi connectivity index (χ4n) is 1.84. The highest BCUT2D eigenvalue weighted by Gasteiger charge is 2.11. The predicted octanol–water partition coefficient (Wildman–Crippen LogP) is 2.75. The summed E-state index contributed by atoms with van der Waals surface area (Å²) in [4.78, 5) is 11.1. The van der Waals surface area contributed by atoms with Crippen molar-refractivity contribution in [2.75, 3.05) is 17.6 Å². The van der Waals surface area contributed by atoms with Crippen LogP contribution in [0, 0.1) is 11.7 Å². The van der Waals surface area contributed by atoms with Crippen molar-refractivity contribution in [3.63, 3.8) is 0 Å². The Balaban J connectivity index is 2.58. The van der Waals surface area contributed by atoms with Gasteiger partial charge in [0.25, 0.3) is 5.91 Å². The average Bonchev–Trinajstić information content (AvgIpc) is 2.30. The van der Waals surface area contributed by atoms with E-state index in [9.17, 15) is 9.18 Å². The van der Waals surface area contributed by atoms with Gasteiger partial charge < -0.3 is 16.8 Å². The molecule has 0 aromatic heterocycles. The number of nitrogens with two attached hydrogens (primary N) is 2. The van der Waals surface area contributed by atoms with Crippen LogP contribution in [-0.2, 0) is 0 Å². The number of hydrogen-bond acceptors (Lipinski definition) is 3. The first-order chi connectivity index (χ1) is 8.91. The molecule has 0 spiro atoms. The number of hydrogen-bond donors (Lipinski definition) is 3. The maximum atomic E-state index is 13.6. The number of nitrogens with one attached hydrogen (secondary N) is 1. The summed E-state index contributed by atoms with van der Waals surface area (Å²) >= 11 is 0. The van der Waals surface area contributed by atoms with E-state index in [1.165, 1.54) is 6.07 Å². The van der Waals surface area contributed by atoms with Crippen LogP contribution >= 0.6 is 0 Å². The summed E-state index contributed by atoms with van der Waals surface area (Å²) < 4.78 is 13.6. The highest BCUT2D eigenvalue weighted by Crippen LogP contribution is 2.22. The molecule has 0 saturated carbocycles. The van der Waals surface area contributed by atoms with Crippen LogP contribution in [0.5, 0.6) is 0 Å². The number of benzene rings is 1. The Labute approximate surface area is 113 Å². The molecule has 1 amide bonds. The lowest BCUT2D eigenvalue weighted by Crippen LogP contribution is -2.15. The summed E-state index contributed by atoms with van der Waals surface area (Å²) in [5, 5.41) is 2.97. The third-order valence-corrected chi connectivity index (χ3v) is 2.93. The first-order valence-electron chi connectivity index (χ1n) is 6.54. The van der Waals surface area contributed by atoms with Crippen molar-refractivity contribution in [2.24, 2.45) is 11.7 Å². The molecule has 0 radical (unpaired) electrons. The van der Waals surface area contributed by atoms with Gasteiger partial charge in [0.2, 0.25) is 0 Å². The van der Waals surface area contributed by atoms with Gasteiger partial charge in [0.15, 0.2) is 0 Å². The molecule has 0 bridgehead atoms. The number of carbonyl (C=O) groups is 1. The number of nitrogen functional groups attached to an aromatic ring is 1. The first-order valence-corrected chi connectivity index (χ1v) is 6.54. The van der Waals surface area contributed by atoms with Gasteiger partial charge in [0.05, 0.1) is 11.3 Å². The molecule has 0 saturated heterocycles. The Bertz CT molecular complexity index is 447. The minimum atomic E-state index is -0.652. The maximum absolute atomic E-state index is 13.6. The fraction of sp³-hybridized carbons (Fsp3) is 0.500. The molecular formula is C14H22FN3O. The molecule has 0 unspecified atom stereocenters. The van der Waals surface area contributed by atoms with Crippen LogP contribution in [-0.4, -0.2) is 12.5 Å². The standard InChI is InChI=1S/C14H22FN3O/c1-9(2)5-3-4-6-18-13-7-10(14(17)19)12(16)8-11(13)15/h7-9,18H,3-6,16H2,1-2H3,(H2,17,19). The van der Waals surface area contributed by atoms with Gasteiger partial charge in [-0.3, -0.25) is 4.79 Å². The zero-order valence-corrected chi connectivity index (χ0v) is 11.5. The van der Waals surface area contributed by atoms with Gasteiger partial charge in [-0.25, -0.2) is 4.39 Å². The first kappa shape index (κ1) is 15.3. The quantitative estimate of drug-likeness (QED) is 0.525. The molecule has 1 aromatic rings. The molecule has 0 aliphatic heterocycles. The van der Waals surface area contributed by atoms with Crippen molar-refractivity contribution in [3.8, 4) is 0 Å². The molecular weight excluding hydrogens is 245 g/mol. The third-order valence-electron chi connectivity index (χ3n) is 2.93. The molecule has 0 aliphatic rings. The van der Waals surface area contributed by atoms with Crippen LogP contribution < -0.4 is 16.8 Å². The van der Waals surface area contributed by atoms with Gasteiger partial charge in [-0.05, 0) is 24.5 Å². The summed E-state index contributed by atoms with van der Waals surface area (Å²) in [6.45, 7) is 5.00. The summed E-state index contributed by atoms with van der Waals surface area (Å²) in [5.74, 6) is -0.443. The zero-order valence-electron chi connectivity index (χ0n) is 11.5. The van der Waals surface area contributed by atoms with Gasteiger partial charge in [-0.1, -0.05) is 26.7 Å². The van der Waals surface area contributed by atoms with Crippen molar-refractivity contribution in [2.45, 2.75) is 33.1 Å².